The first-order chi connectivity index (χ1) is 6.50. The van der Waals surface area contributed by atoms with Crippen LogP contribution in [-0.4, -0.2) is 37.0 Å². The fraction of sp³-hybridized carbons (Fsp3) is 1.00. The van der Waals surface area contributed by atoms with Gasteiger partial charge in [0.15, 0.2) is 20.2 Å². The molecule has 0 N–H and O–H groups in total. The van der Waals surface area contributed by atoms with E-state index in [9.17, 15) is 26.3 Å². The topological polar surface area (TPSA) is 114 Å². The molecule has 0 heterocycles. The second-order valence-electron chi connectivity index (χ2n) is 1.80. The van der Waals surface area contributed by atoms with E-state index in [4.69, 9.17) is 25.9 Å². The van der Waals surface area contributed by atoms with Crippen LogP contribution in [0.25, 0.3) is 0 Å². The van der Waals surface area contributed by atoms with Crippen LogP contribution >= 0.6 is 0 Å². The van der Waals surface area contributed by atoms with Gasteiger partial charge in [-0.05, 0) is 0 Å². The molecule has 0 spiro atoms. The van der Waals surface area contributed by atoms with Crippen LogP contribution in [0.5, 0.6) is 0 Å². The molecule has 0 radical (unpaired) electrons. The van der Waals surface area contributed by atoms with Crippen molar-refractivity contribution in [2.24, 2.45) is 0 Å². The molecule has 0 aliphatic heterocycles. The maximum Gasteiger partial charge on any atom is 0.485 e. The molecular formula is C2H9F6IO6S5. The fourth-order valence-corrected chi connectivity index (χ4v) is 0. The molecule has 0 fully saturated rings. The molecule has 20 heavy (non-hydrogen) atoms. The van der Waals surface area contributed by atoms with Crippen LogP contribution in [0.3, 0.4) is 0 Å². The molecular weight excluding hydrogens is 521 g/mol. The normalized spacial score (nSPS) is 11.2. The molecule has 0 saturated heterocycles. The molecule has 0 aliphatic carbocycles. The van der Waals surface area contributed by atoms with E-state index in [2.05, 4.69) is 0 Å². The van der Waals surface area contributed by atoms with Crippen LogP contribution in [0, 0.1) is 0 Å². The van der Waals surface area contributed by atoms with Gasteiger partial charge in [0.2, 0.25) is 0 Å². The van der Waals surface area contributed by atoms with Crippen molar-refractivity contribution < 1.29 is 76.3 Å². The van der Waals surface area contributed by atoms with E-state index in [1.165, 1.54) is 0 Å². The summed E-state index contributed by atoms with van der Waals surface area (Å²) in [5.74, 6) is 0. The van der Waals surface area contributed by atoms with Crippen LogP contribution < -0.4 is 24.0 Å². The SMILES string of the molecule is O=S(=O)([O-])C(F)(F)F.O=S(=O)([O-])C(F)(F)F.[I-].[SH3+].[SH3+].[SH3+]. The Kier molecular flexibility index (Phi) is 21.9. The first-order valence-electron chi connectivity index (χ1n) is 2.54. The van der Waals surface area contributed by atoms with Crippen molar-refractivity contribution in [3.8, 4) is 0 Å². The van der Waals surface area contributed by atoms with Gasteiger partial charge >= 0.3 is 11.0 Å². The monoisotopic (exact) mass is 530 g/mol. The molecule has 0 aromatic carbocycles. The minimum atomic E-state index is -6.09. The van der Waals surface area contributed by atoms with Crippen LogP contribution in [0.2, 0.25) is 0 Å². The van der Waals surface area contributed by atoms with Crippen LogP contribution in [-0.2, 0) is 60.7 Å². The summed E-state index contributed by atoms with van der Waals surface area (Å²) >= 11 is 0. The van der Waals surface area contributed by atoms with Gasteiger partial charge in [-0.25, -0.2) is 16.8 Å². The maximum absolute atomic E-state index is 10.7. The average molecular weight is 530 g/mol. The quantitative estimate of drug-likeness (QED) is 0.102. The average Bonchev–Trinajstić information content (AvgIpc) is 1.77. The van der Waals surface area contributed by atoms with Crippen molar-refractivity contribution in [2.45, 2.75) is 11.0 Å². The van der Waals surface area contributed by atoms with E-state index in [0.29, 0.717) is 0 Å². The van der Waals surface area contributed by atoms with E-state index >= 15 is 0 Å². The molecule has 0 aromatic rings. The zero-order chi connectivity index (χ0) is 14.0. The molecule has 6 nitrogen and oxygen atoms in total. The molecule has 0 amide bonds. The first kappa shape index (κ1) is 37.4. The van der Waals surface area contributed by atoms with Gasteiger partial charge in [0, 0.05) is 0 Å². The summed E-state index contributed by atoms with van der Waals surface area (Å²) in [6, 6.07) is 0. The summed E-state index contributed by atoms with van der Waals surface area (Å²) < 4.78 is 118. The lowest BCUT2D eigenvalue weighted by Gasteiger charge is -2.08. The highest BCUT2D eigenvalue weighted by molar-refractivity contribution is 7.86. The maximum atomic E-state index is 10.7. The number of halogens is 7. The summed E-state index contributed by atoms with van der Waals surface area (Å²) in [5, 5.41) is 0. The highest BCUT2D eigenvalue weighted by atomic mass is 127. The van der Waals surface area contributed by atoms with E-state index in [-0.39, 0.29) is 64.5 Å². The molecule has 0 bridgehead atoms. The minimum absolute atomic E-state index is 0. The van der Waals surface area contributed by atoms with Crippen LogP contribution in [0.1, 0.15) is 0 Å². The lowest BCUT2D eigenvalue weighted by atomic mass is 11.6. The summed E-state index contributed by atoms with van der Waals surface area (Å²) in [6.45, 7) is 0. The number of hydrogen-bond acceptors (Lipinski definition) is 6. The Morgan fingerprint density at radius 3 is 0.650 bits per heavy atom. The van der Waals surface area contributed by atoms with E-state index in [1.807, 2.05) is 0 Å². The van der Waals surface area contributed by atoms with Crippen LogP contribution in [0.15, 0.2) is 0 Å². The highest BCUT2D eigenvalue weighted by Gasteiger charge is 2.37. The third kappa shape index (κ3) is 17.2. The summed E-state index contributed by atoms with van der Waals surface area (Å²) in [4.78, 5) is 0. The summed E-state index contributed by atoms with van der Waals surface area (Å²) in [7, 11) is -12.2. The number of hydrogen-bond donors (Lipinski definition) is 0. The third-order valence-corrected chi connectivity index (χ3v) is 1.70. The summed E-state index contributed by atoms with van der Waals surface area (Å²) in [5.41, 5.74) is -11.3. The van der Waals surface area contributed by atoms with Crippen molar-refractivity contribution >= 4 is 60.7 Å². The summed E-state index contributed by atoms with van der Waals surface area (Å²) in [6.07, 6.45) is 0. The van der Waals surface area contributed by atoms with Crippen molar-refractivity contribution in [3.63, 3.8) is 0 Å². The van der Waals surface area contributed by atoms with Gasteiger partial charge in [0.05, 0.1) is 0 Å². The largest absolute Gasteiger partial charge is 1.00 e. The lowest BCUT2D eigenvalue weighted by Crippen LogP contribution is -3.00. The second kappa shape index (κ2) is 11.7. The van der Waals surface area contributed by atoms with E-state index in [0.717, 1.165) is 0 Å². The predicted octanol–water partition coefficient (Wildman–Crippen LogP) is -5.31. The van der Waals surface area contributed by atoms with Crippen molar-refractivity contribution in [1.29, 1.82) is 0 Å². The van der Waals surface area contributed by atoms with E-state index in [1.54, 1.807) is 0 Å². The molecule has 0 saturated carbocycles. The van der Waals surface area contributed by atoms with E-state index < -0.39 is 31.3 Å². The van der Waals surface area contributed by atoms with Gasteiger partial charge in [-0.1, -0.05) is 40.5 Å². The highest BCUT2D eigenvalue weighted by Crippen LogP contribution is 2.21. The first-order valence-corrected chi connectivity index (χ1v) is 5.36. The lowest BCUT2D eigenvalue weighted by molar-refractivity contribution is -0.0522. The third-order valence-electron chi connectivity index (χ3n) is 0.567. The Bertz CT molecular complexity index is 382. The smallest absolute Gasteiger partial charge is 0.485 e. The van der Waals surface area contributed by atoms with Gasteiger partial charge in [-0.3, -0.25) is 0 Å². The van der Waals surface area contributed by atoms with Gasteiger partial charge < -0.3 is 33.1 Å². The molecule has 0 aliphatic rings. The molecule has 132 valence electrons. The molecule has 0 unspecified atom stereocenters. The van der Waals surface area contributed by atoms with Crippen molar-refractivity contribution in [1.82, 2.24) is 0 Å². The standard InChI is InChI=1S/2CHF3O3S.HI.3H2S/c2*2-1(3,4)8(5,6)7;;;;/h2*(H,5,6,7);1H;3*1H2. The van der Waals surface area contributed by atoms with Crippen molar-refractivity contribution in [2.75, 3.05) is 0 Å². The van der Waals surface area contributed by atoms with Crippen LogP contribution in [0.4, 0.5) is 26.3 Å². The predicted molar refractivity (Wildman–Crippen MR) is 66.2 cm³/mol. The molecule has 0 aromatic heterocycles. The molecule has 0 atom stereocenters. The molecule has 0 rings (SSSR count). The fourth-order valence-electron chi connectivity index (χ4n) is 0. The Morgan fingerprint density at radius 1 is 0.600 bits per heavy atom. The Labute approximate surface area is 147 Å². The zero-order valence-corrected chi connectivity index (χ0v) is 15.9. The Morgan fingerprint density at radius 2 is 0.650 bits per heavy atom. The second-order valence-corrected chi connectivity index (χ2v) is 4.54. The van der Waals surface area contributed by atoms with Gasteiger partial charge in [0.1, 0.15) is 0 Å². The molecule has 18 heteroatoms. The Hall–Kier alpha value is 1.18. The number of rotatable bonds is 0. The van der Waals surface area contributed by atoms with Gasteiger partial charge in [-0.2, -0.15) is 26.3 Å². The van der Waals surface area contributed by atoms with Gasteiger partial charge in [0.25, 0.3) is 0 Å². The van der Waals surface area contributed by atoms with Crippen molar-refractivity contribution in [3.05, 3.63) is 0 Å². The minimum Gasteiger partial charge on any atom is -1.00 e. The number of alkyl halides is 6. The zero-order valence-electron chi connectivity index (χ0n) is 8.64. The Balaban J connectivity index is -0.0000000408. The van der Waals surface area contributed by atoms with Gasteiger partial charge in [-0.15, -0.1) is 0 Å².